The number of carboxylic acid groups (broad SMARTS) is 1. The van der Waals surface area contributed by atoms with Crippen LogP contribution in [0.4, 0.5) is 15.1 Å². The molecule has 5 heterocycles. The van der Waals surface area contributed by atoms with E-state index in [1.165, 1.54) is 34.8 Å². The Morgan fingerprint density at radius 1 is 0.661 bits per heavy atom. The Hall–Kier alpha value is -5.98. The van der Waals surface area contributed by atoms with Gasteiger partial charge in [-0.3, -0.25) is 14.9 Å². The number of benzene rings is 2. The van der Waals surface area contributed by atoms with Gasteiger partial charge in [0.2, 0.25) is 0 Å². The van der Waals surface area contributed by atoms with Crippen molar-refractivity contribution in [3.05, 3.63) is 135 Å². The summed E-state index contributed by atoms with van der Waals surface area (Å²) in [5, 5.41) is 18.4. The number of nitrogens with one attached hydrogen (secondary N) is 3. The Morgan fingerprint density at radius 2 is 1.12 bits per heavy atom. The Kier molecular flexibility index (Phi) is 15.1. The number of anilines is 2. The highest BCUT2D eigenvalue weighted by Crippen LogP contribution is 2.28. The van der Waals surface area contributed by atoms with Gasteiger partial charge < -0.3 is 26.2 Å². The Labute approximate surface area is 360 Å². The van der Waals surface area contributed by atoms with Crippen LogP contribution in [-0.2, 0) is 17.8 Å². The number of halogens is 3. The number of carbonyl (C=O) groups is 4. The minimum atomic E-state index is -1.07. The first-order valence-corrected chi connectivity index (χ1v) is 20.0. The number of pyridine rings is 3. The summed E-state index contributed by atoms with van der Waals surface area (Å²) >= 11 is 19.7. The quantitative estimate of drug-likeness (QED) is 0.0902. The van der Waals surface area contributed by atoms with Gasteiger partial charge in [0.15, 0.2) is 10.3 Å². The zero-order chi connectivity index (χ0) is 42.7. The average molecular weight is 895 g/mol. The van der Waals surface area contributed by atoms with E-state index in [1.54, 1.807) is 63.2 Å². The first-order valence-electron chi connectivity index (χ1n) is 17.2. The van der Waals surface area contributed by atoms with Gasteiger partial charge in [-0.2, -0.15) is 0 Å². The molecule has 0 aliphatic heterocycles. The third kappa shape index (κ3) is 13.8. The molecule has 304 valence electrons. The maximum Gasteiger partial charge on any atom is 0.413 e. The third-order valence-electron chi connectivity index (χ3n) is 7.27. The Bertz CT molecular complexity index is 2640. The van der Waals surface area contributed by atoms with Crippen molar-refractivity contribution in [1.82, 2.24) is 35.6 Å². The number of hydrogen-bond donors (Lipinski definition) is 5. The van der Waals surface area contributed by atoms with E-state index in [0.29, 0.717) is 34.2 Å². The van der Waals surface area contributed by atoms with Crippen LogP contribution in [0.5, 0.6) is 0 Å². The molecule has 0 fully saturated rings. The summed E-state index contributed by atoms with van der Waals surface area (Å²) in [6.07, 6.45) is -0.548. The summed E-state index contributed by atoms with van der Waals surface area (Å²) in [5.41, 5.74) is 9.10. The highest BCUT2D eigenvalue weighted by Gasteiger charge is 2.18. The van der Waals surface area contributed by atoms with Crippen LogP contribution in [0.3, 0.4) is 0 Å². The minimum Gasteiger partial charge on any atom is -0.477 e. The molecular weight excluding hydrogens is 861 g/mol. The van der Waals surface area contributed by atoms with Crippen molar-refractivity contribution in [3.63, 3.8) is 0 Å². The first-order chi connectivity index (χ1) is 28.0. The van der Waals surface area contributed by atoms with E-state index >= 15 is 0 Å². The van der Waals surface area contributed by atoms with Crippen LogP contribution in [0, 0.1) is 0 Å². The molecule has 7 rings (SSSR count). The molecule has 0 saturated carbocycles. The second-order valence-corrected chi connectivity index (χ2v) is 16.3. The molecule has 0 atom stereocenters. The predicted molar refractivity (Wildman–Crippen MR) is 231 cm³/mol. The maximum absolute atomic E-state index is 12.2. The van der Waals surface area contributed by atoms with E-state index in [9.17, 15) is 19.2 Å². The van der Waals surface area contributed by atoms with Crippen LogP contribution in [0.15, 0.2) is 91.0 Å². The summed E-state index contributed by atoms with van der Waals surface area (Å²) in [7, 11) is 0. The zero-order valence-electron chi connectivity index (χ0n) is 31.3. The lowest BCUT2D eigenvalue weighted by atomic mass is 10.2. The number of carboxylic acids is 1. The van der Waals surface area contributed by atoms with E-state index in [-0.39, 0.29) is 33.5 Å². The zero-order valence-corrected chi connectivity index (χ0v) is 35.2. The van der Waals surface area contributed by atoms with Gasteiger partial charge >= 0.3 is 12.1 Å². The number of carbonyl (C=O) groups excluding carboxylic acids is 3. The molecule has 20 heteroatoms. The fourth-order valence-corrected chi connectivity index (χ4v) is 6.97. The molecule has 2 aromatic carbocycles. The van der Waals surface area contributed by atoms with Gasteiger partial charge in [-0.25, -0.2) is 34.5 Å². The first kappa shape index (κ1) is 44.1. The molecule has 15 nitrogen and oxygen atoms in total. The summed E-state index contributed by atoms with van der Waals surface area (Å²) < 4.78 is 7.12. The van der Waals surface area contributed by atoms with E-state index in [0.717, 1.165) is 31.6 Å². The van der Waals surface area contributed by atoms with E-state index < -0.39 is 17.7 Å². The molecule has 7 aromatic rings. The SMILES string of the molecule is CC(C)(C)OC(=O)Nc1nc2ccc(CNC(=O)c3cccc(Cl)n3)cc2s1.Nc1nc2ccc(CNC(=O)c3cccc(Cl)n3)cc2s1.O=C(O)c1cccc(Cl)n1. The average Bonchev–Trinajstić information content (AvgIpc) is 3.76. The van der Waals surface area contributed by atoms with E-state index in [4.69, 9.17) is 50.4 Å². The van der Waals surface area contributed by atoms with Crippen molar-refractivity contribution in [2.45, 2.75) is 39.5 Å². The number of nitrogens with two attached hydrogens (primary N) is 1. The number of hydrogen-bond acceptors (Lipinski definition) is 13. The number of aromatic nitrogens is 5. The fraction of sp³-hybridized carbons (Fsp3) is 0.154. The topological polar surface area (TPSA) is 224 Å². The number of nitrogen functional groups attached to an aromatic ring is 1. The molecule has 0 spiro atoms. The van der Waals surface area contributed by atoms with E-state index in [1.807, 2.05) is 36.4 Å². The van der Waals surface area contributed by atoms with Crippen molar-refractivity contribution >= 4 is 112 Å². The van der Waals surface area contributed by atoms with Crippen molar-refractivity contribution in [2.75, 3.05) is 11.1 Å². The number of fused-ring (bicyclic) bond motifs is 2. The van der Waals surface area contributed by atoms with Gasteiger partial charge in [-0.05, 0) is 92.6 Å². The van der Waals surface area contributed by atoms with E-state index in [2.05, 4.69) is 40.9 Å². The molecule has 59 heavy (non-hydrogen) atoms. The van der Waals surface area contributed by atoms with Gasteiger partial charge in [0.1, 0.15) is 38.1 Å². The van der Waals surface area contributed by atoms with Crippen LogP contribution in [0.1, 0.15) is 63.4 Å². The van der Waals surface area contributed by atoms with Crippen molar-refractivity contribution in [1.29, 1.82) is 0 Å². The molecule has 0 aliphatic carbocycles. The molecule has 0 bridgehead atoms. The van der Waals surface area contributed by atoms with Gasteiger partial charge in [-0.1, -0.05) is 87.8 Å². The minimum absolute atomic E-state index is 0.0347. The molecule has 0 saturated heterocycles. The van der Waals surface area contributed by atoms with Crippen LogP contribution >= 0.6 is 57.5 Å². The van der Waals surface area contributed by atoms with Crippen LogP contribution in [-0.4, -0.2) is 59.5 Å². The number of thiazole rings is 2. The summed E-state index contributed by atoms with van der Waals surface area (Å²) in [6.45, 7) is 6.12. The van der Waals surface area contributed by atoms with Crippen molar-refractivity contribution < 1.29 is 29.0 Å². The maximum atomic E-state index is 12.2. The van der Waals surface area contributed by atoms with Crippen LogP contribution in [0.2, 0.25) is 15.5 Å². The molecule has 3 amide bonds. The number of amides is 3. The predicted octanol–water partition coefficient (Wildman–Crippen LogP) is 8.91. The fourth-order valence-electron chi connectivity index (χ4n) is 4.76. The van der Waals surface area contributed by atoms with Gasteiger partial charge in [0.25, 0.3) is 11.8 Å². The lowest BCUT2D eigenvalue weighted by molar-refractivity contribution is 0.0633. The normalized spacial score (nSPS) is 10.7. The molecule has 5 aromatic heterocycles. The number of rotatable bonds is 8. The monoisotopic (exact) mass is 893 g/mol. The van der Waals surface area contributed by atoms with Crippen LogP contribution < -0.4 is 21.7 Å². The standard InChI is InChI=1S/C19H19ClN4O3S.C14H11ClN4OS.C6H4ClNO2/c1-19(2,3)27-18(26)24-17-23-12-8-7-11(9-14(12)28-17)10-21-16(25)13-5-4-6-15(20)22-13;15-12-3-1-2-10(18-12)13(20)17-7-8-4-5-9-11(6-8)21-14(16)19-9;7-5-3-1-2-4(8-5)6(9)10/h4-9H,10H2,1-3H3,(H,21,25)(H,23,24,26);1-6H,7H2,(H2,16,19)(H,17,20);1-3H,(H,9,10). The van der Waals surface area contributed by atoms with Gasteiger partial charge in [0, 0.05) is 13.1 Å². The second kappa shape index (κ2) is 20.1. The summed E-state index contributed by atoms with van der Waals surface area (Å²) in [5.74, 6) is -1.64. The Morgan fingerprint density at radius 3 is 1.58 bits per heavy atom. The highest BCUT2D eigenvalue weighted by molar-refractivity contribution is 7.22. The smallest absolute Gasteiger partial charge is 0.413 e. The number of ether oxygens (including phenoxy) is 1. The highest BCUT2D eigenvalue weighted by atomic mass is 35.5. The summed E-state index contributed by atoms with van der Waals surface area (Å²) in [4.78, 5) is 66.3. The molecule has 0 aliphatic rings. The molecule has 6 N–H and O–H groups in total. The number of aromatic carboxylic acids is 1. The lowest BCUT2D eigenvalue weighted by Crippen LogP contribution is -2.27. The Balaban J connectivity index is 0.000000187. The van der Waals surface area contributed by atoms with Gasteiger partial charge in [-0.15, -0.1) is 0 Å². The third-order valence-corrected chi connectivity index (χ3v) is 9.68. The van der Waals surface area contributed by atoms with Crippen LogP contribution in [0.25, 0.3) is 20.4 Å². The second-order valence-electron chi connectivity index (χ2n) is 13.0. The molecule has 0 radical (unpaired) electrons. The van der Waals surface area contributed by atoms with Crippen molar-refractivity contribution in [2.24, 2.45) is 0 Å². The molecular formula is C39H34Cl3N9O6S2. The van der Waals surface area contributed by atoms with Crippen molar-refractivity contribution in [3.8, 4) is 0 Å². The molecule has 0 unspecified atom stereocenters. The summed E-state index contributed by atoms with van der Waals surface area (Å²) in [6, 6.07) is 25.7. The number of nitrogens with zero attached hydrogens (tertiary/aromatic N) is 5. The lowest BCUT2D eigenvalue weighted by Gasteiger charge is -2.18. The van der Waals surface area contributed by atoms with Gasteiger partial charge in [0.05, 0.1) is 20.4 Å². The largest absolute Gasteiger partial charge is 0.477 e.